The first-order chi connectivity index (χ1) is 20.0. The fourth-order valence-electron chi connectivity index (χ4n) is 7.53. The van der Waals surface area contributed by atoms with E-state index in [1.54, 1.807) is 0 Å². The summed E-state index contributed by atoms with van der Waals surface area (Å²) in [5.74, 6) is 0.904. The number of ether oxygens (including phenoxy) is 1. The van der Waals surface area contributed by atoms with Crippen LogP contribution in [-0.2, 0) is 19.7 Å². The summed E-state index contributed by atoms with van der Waals surface area (Å²) in [5, 5.41) is 0.736. The molecule has 3 heterocycles. The largest absolute Gasteiger partial charge is 0.478 e. The van der Waals surface area contributed by atoms with E-state index in [1.807, 2.05) is 31.7 Å². The average Bonchev–Trinajstić information content (AvgIpc) is 3.69. The Balaban J connectivity index is 1.39. The second kappa shape index (κ2) is 11.9. The molecule has 2 saturated heterocycles. The maximum atomic E-state index is 14.4. The molecule has 1 saturated carbocycles. The molecular weight excluding hydrogens is 560 g/mol. The predicted octanol–water partition coefficient (Wildman–Crippen LogP) is 6.71. The summed E-state index contributed by atoms with van der Waals surface area (Å²) < 4.78 is 5.99. The number of rotatable bonds is 5. The van der Waals surface area contributed by atoms with E-state index in [0.717, 1.165) is 49.4 Å². The SMILES string of the molecule is CC1(C)CCC(N(C(=O)C(C)(C)C)[C@H]2C[C@@H](C3=NCCO3)N(C(=O)[C@H]3CCN(c4ccc(Cl)cc4C(C)(C)C)C3)C2)CC1. The van der Waals surface area contributed by atoms with Crippen molar-refractivity contribution in [2.24, 2.45) is 21.7 Å². The van der Waals surface area contributed by atoms with Crippen LogP contribution >= 0.6 is 11.6 Å². The van der Waals surface area contributed by atoms with E-state index in [-0.39, 0.29) is 41.3 Å². The van der Waals surface area contributed by atoms with Gasteiger partial charge in [0, 0.05) is 41.8 Å². The number of nitrogens with zero attached hydrogens (tertiary/aromatic N) is 4. The number of anilines is 1. The van der Waals surface area contributed by atoms with Crippen molar-refractivity contribution in [1.82, 2.24) is 9.80 Å². The van der Waals surface area contributed by atoms with E-state index in [1.165, 1.54) is 5.56 Å². The Hall–Kier alpha value is -2.28. The van der Waals surface area contributed by atoms with Gasteiger partial charge < -0.3 is 19.4 Å². The minimum Gasteiger partial charge on any atom is -0.478 e. The summed E-state index contributed by atoms with van der Waals surface area (Å²) in [6.45, 7) is 20.6. The fraction of sp³-hybridized carbons (Fsp3) is 0.743. The molecular formula is C35H53ClN4O3. The number of carbonyl (C=O) groups is 2. The molecule has 7 nitrogen and oxygen atoms in total. The van der Waals surface area contributed by atoms with Gasteiger partial charge in [-0.1, -0.05) is 67.0 Å². The van der Waals surface area contributed by atoms with Crippen LogP contribution in [0.5, 0.6) is 0 Å². The first kappa shape index (κ1) is 32.1. The summed E-state index contributed by atoms with van der Waals surface area (Å²) in [7, 11) is 0. The molecule has 238 valence electrons. The van der Waals surface area contributed by atoms with E-state index in [4.69, 9.17) is 16.3 Å². The predicted molar refractivity (Wildman–Crippen MR) is 175 cm³/mol. The molecule has 0 bridgehead atoms. The van der Waals surface area contributed by atoms with Crippen molar-refractivity contribution in [2.75, 3.05) is 37.7 Å². The molecule has 0 radical (unpaired) electrons. The number of benzene rings is 1. The smallest absolute Gasteiger partial charge is 0.228 e. The molecule has 1 aliphatic carbocycles. The van der Waals surface area contributed by atoms with Crippen LogP contribution in [0.25, 0.3) is 0 Å². The number of likely N-dealkylation sites (tertiary alicyclic amines) is 1. The van der Waals surface area contributed by atoms with Gasteiger partial charge in [-0.05, 0) is 73.1 Å². The zero-order chi connectivity index (χ0) is 31.3. The number of hydrogen-bond donors (Lipinski definition) is 0. The lowest BCUT2D eigenvalue weighted by Gasteiger charge is -2.45. The van der Waals surface area contributed by atoms with Gasteiger partial charge in [0.25, 0.3) is 0 Å². The van der Waals surface area contributed by atoms with Gasteiger partial charge in [0.15, 0.2) is 0 Å². The Morgan fingerprint density at radius 1 is 1.02 bits per heavy atom. The lowest BCUT2D eigenvalue weighted by atomic mass is 9.74. The quantitative estimate of drug-likeness (QED) is 0.371. The van der Waals surface area contributed by atoms with Crippen molar-refractivity contribution in [1.29, 1.82) is 0 Å². The zero-order valence-corrected chi connectivity index (χ0v) is 28.5. The Morgan fingerprint density at radius 3 is 2.33 bits per heavy atom. The molecule has 3 atom stereocenters. The summed E-state index contributed by atoms with van der Waals surface area (Å²) in [4.78, 5) is 39.7. The van der Waals surface area contributed by atoms with Crippen LogP contribution in [0, 0.1) is 16.7 Å². The van der Waals surface area contributed by atoms with Crippen LogP contribution in [0.2, 0.25) is 5.02 Å². The van der Waals surface area contributed by atoms with Gasteiger partial charge in [0.05, 0.1) is 18.5 Å². The Kier molecular flexibility index (Phi) is 8.90. The van der Waals surface area contributed by atoms with Crippen LogP contribution in [-0.4, -0.2) is 78.4 Å². The first-order valence-electron chi connectivity index (χ1n) is 16.4. The normalized spacial score (nSPS) is 26.4. The van der Waals surface area contributed by atoms with Crippen LogP contribution in [0.15, 0.2) is 23.2 Å². The van der Waals surface area contributed by atoms with Crippen LogP contribution < -0.4 is 4.90 Å². The van der Waals surface area contributed by atoms with Crippen LogP contribution in [0.1, 0.15) is 99.5 Å². The maximum absolute atomic E-state index is 14.4. The lowest BCUT2D eigenvalue weighted by Crippen LogP contribution is -2.54. The van der Waals surface area contributed by atoms with Crippen molar-refractivity contribution < 1.29 is 14.3 Å². The van der Waals surface area contributed by atoms with Crippen molar-refractivity contribution in [3.05, 3.63) is 28.8 Å². The van der Waals surface area contributed by atoms with Gasteiger partial charge in [0.2, 0.25) is 17.7 Å². The Labute approximate surface area is 264 Å². The van der Waals surface area contributed by atoms with Crippen LogP contribution in [0.4, 0.5) is 5.69 Å². The van der Waals surface area contributed by atoms with E-state index in [9.17, 15) is 9.59 Å². The lowest BCUT2D eigenvalue weighted by molar-refractivity contribution is -0.146. The summed E-state index contributed by atoms with van der Waals surface area (Å²) in [6, 6.07) is 6.06. The van der Waals surface area contributed by atoms with Crippen molar-refractivity contribution in [3.63, 3.8) is 0 Å². The number of carbonyl (C=O) groups excluding carboxylic acids is 2. The summed E-state index contributed by atoms with van der Waals surface area (Å²) >= 11 is 6.40. The molecule has 43 heavy (non-hydrogen) atoms. The van der Waals surface area contributed by atoms with Gasteiger partial charge in [0.1, 0.15) is 12.6 Å². The number of hydrogen-bond acceptors (Lipinski definition) is 5. The molecule has 0 spiro atoms. The third-order valence-electron chi connectivity index (χ3n) is 10.1. The van der Waals surface area contributed by atoms with Crippen molar-refractivity contribution >= 4 is 35.0 Å². The van der Waals surface area contributed by atoms with E-state index >= 15 is 0 Å². The molecule has 0 aromatic heterocycles. The average molecular weight is 613 g/mol. The Bertz CT molecular complexity index is 1240. The number of aliphatic imine (C=N–C) groups is 1. The van der Waals surface area contributed by atoms with Gasteiger partial charge in [-0.2, -0.15) is 0 Å². The third kappa shape index (κ3) is 6.87. The number of halogens is 1. The van der Waals surface area contributed by atoms with Gasteiger partial charge in [-0.15, -0.1) is 0 Å². The van der Waals surface area contributed by atoms with E-state index in [2.05, 4.69) is 61.5 Å². The summed E-state index contributed by atoms with van der Waals surface area (Å²) in [6.07, 6.45) is 5.73. The van der Waals surface area contributed by atoms with Crippen molar-refractivity contribution in [3.8, 4) is 0 Å². The molecule has 5 rings (SSSR count). The first-order valence-corrected chi connectivity index (χ1v) is 16.8. The minimum atomic E-state index is -0.490. The van der Waals surface area contributed by atoms with Crippen LogP contribution in [0.3, 0.4) is 0 Å². The highest BCUT2D eigenvalue weighted by molar-refractivity contribution is 6.30. The van der Waals surface area contributed by atoms with Gasteiger partial charge >= 0.3 is 0 Å². The monoisotopic (exact) mass is 612 g/mol. The molecule has 4 aliphatic rings. The second-order valence-corrected chi connectivity index (χ2v) is 16.6. The molecule has 0 N–H and O–H groups in total. The summed E-state index contributed by atoms with van der Waals surface area (Å²) in [5.41, 5.74) is 2.12. The number of amides is 2. The minimum absolute atomic E-state index is 0.0416. The van der Waals surface area contributed by atoms with Crippen molar-refractivity contribution in [2.45, 2.75) is 117 Å². The highest BCUT2D eigenvalue weighted by atomic mass is 35.5. The second-order valence-electron chi connectivity index (χ2n) is 16.2. The third-order valence-corrected chi connectivity index (χ3v) is 10.3. The highest BCUT2D eigenvalue weighted by Gasteiger charge is 2.49. The van der Waals surface area contributed by atoms with E-state index in [0.29, 0.717) is 44.0 Å². The Morgan fingerprint density at radius 2 is 1.72 bits per heavy atom. The highest BCUT2D eigenvalue weighted by Crippen LogP contribution is 2.41. The molecule has 2 amide bonds. The topological polar surface area (TPSA) is 65.5 Å². The van der Waals surface area contributed by atoms with Gasteiger partial charge in [-0.25, -0.2) is 0 Å². The fourth-order valence-corrected chi connectivity index (χ4v) is 7.70. The van der Waals surface area contributed by atoms with Gasteiger partial charge in [-0.3, -0.25) is 14.6 Å². The molecule has 0 unspecified atom stereocenters. The maximum Gasteiger partial charge on any atom is 0.228 e. The molecule has 8 heteroatoms. The molecule has 1 aromatic rings. The zero-order valence-electron chi connectivity index (χ0n) is 27.7. The molecule has 1 aromatic carbocycles. The van der Waals surface area contributed by atoms with E-state index < -0.39 is 5.41 Å². The standard InChI is InChI=1S/C35H53ClN4O3/c1-33(2,3)27-19-24(36)9-10-28(27)38-17-13-23(21-38)31(41)39-22-26(20-29(39)30-37-16-18-43-30)40(32(42)34(4,5)6)25-11-14-35(7,8)15-12-25/h9-10,19,23,25-26,29H,11-18,20-22H2,1-8H3/t23-,26-,29-/m0/s1. The molecule has 3 fully saturated rings. The molecule has 3 aliphatic heterocycles.